The van der Waals surface area contributed by atoms with Crippen LogP contribution in [0.5, 0.6) is 0 Å². The van der Waals surface area contributed by atoms with Gasteiger partial charge in [0.1, 0.15) is 0 Å². The van der Waals surface area contributed by atoms with E-state index in [9.17, 15) is 5.11 Å². The standard InChI is InChI=1S/C9H20N2O/c1-2-4-8(10)9(12)5-3-6-11-7-9/h8,11-12H,2-7,10H2,1H3. The predicted molar refractivity (Wildman–Crippen MR) is 49.9 cm³/mol. The summed E-state index contributed by atoms with van der Waals surface area (Å²) in [6.45, 7) is 3.77. The molecule has 0 aromatic rings. The molecular weight excluding hydrogens is 152 g/mol. The van der Waals surface area contributed by atoms with E-state index in [1.807, 2.05) is 0 Å². The van der Waals surface area contributed by atoms with E-state index in [-0.39, 0.29) is 6.04 Å². The summed E-state index contributed by atoms with van der Waals surface area (Å²) in [5.74, 6) is 0. The first kappa shape index (κ1) is 9.96. The topological polar surface area (TPSA) is 58.3 Å². The number of nitrogens with two attached hydrogens (primary N) is 1. The molecule has 1 saturated heterocycles. The van der Waals surface area contributed by atoms with Crippen molar-refractivity contribution < 1.29 is 5.11 Å². The maximum Gasteiger partial charge on any atom is 0.0921 e. The van der Waals surface area contributed by atoms with E-state index in [4.69, 9.17) is 5.73 Å². The highest BCUT2D eigenvalue weighted by molar-refractivity contribution is 4.93. The van der Waals surface area contributed by atoms with Crippen LogP contribution in [0, 0.1) is 0 Å². The molecule has 12 heavy (non-hydrogen) atoms. The number of nitrogens with one attached hydrogen (secondary N) is 1. The number of piperidine rings is 1. The van der Waals surface area contributed by atoms with Crippen LogP contribution in [0.15, 0.2) is 0 Å². The average Bonchev–Trinajstić information content (AvgIpc) is 2.06. The minimum Gasteiger partial charge on any atom is -0.387 e. The number of hydrogen-bond donors (Lipinski definition) is 3. The second-order valence-corrected chi connectivity index (χ2v) is 3.78. The molecule has 4 N–H and O–H groups in total. The number of hydrogen-bond acceptors (Lipinski definition) is 3. The van der Waals surface area contributed by atoms with Crippen molar-refractivity contribution in [3.8, 4) is 0 Å². The van der Waals surface area contributed by atoms with Gasteiger partial charge in [0.05, 0.1) is 5.60 Å². The summed E-state index contributed by atoms with van der Waals surface area (Å²) in [7, 11) is 0. The van der Waals surface area contributed by atoms with Gasteiger partial charge in [-0.1, -0.05) is 13.3 Å². The SMILES string of the molecule is CCCC(N)C1(O)CCCNC1. The molecule has 1 rings (SSSR count). The molecule has 1 aliphatic heterocycles. The van der Waals surface area contributed by atoms with Crippen LogP contribution in [0.4, 0.5) is 0 Å². The molecule has 2 unspecified atom stereocenters. The van der Waals surface area contributed by atoms with Gasteiger partial charge in [0, 0.05) is 12.6 Å². The van der Waals surface area contributed by atoms with Crippen LogP contribution in [0.25, 0.3) is 0 Å². The van der Waals surface area contributed by atoms with Crippen LogP contribution in [0.2, 0.25) is 0 Å². The minimum atomic E-state index is -0.645. The normalized spacial score (nSPS) is 33.2. The fourth-order valence-corrected chi connectivity index (χ4v) is 1.81. The molecule has 0 aliphatic carbocycles. The van der Waals surface area contributed by atoms with Crippen molar-refractivity contribution in [3.63, 3.8) is 0 Å². The van der Waals surface area contributed by atoms with E-state index in [0.29, 0.717) is 6.54 Å². The molecule has 0 aromatic heterocycles. The molecule has 1 aliphatic rings. The highest BCUT2D eigenvalue weighted by Gasteiger charge is 2.34. The quantitative estimate of drug-likeness (QED) is 0.571. The lowest BCUT2D eigenvalue weighted by Crippen LogP contribution is -2.57. The van der Waals surface area contributed by atoms with E-state index in [2.05, 4.69) is 12.2 Å². The van der Waals surface area contributed by atoms with Crippen molar-refractivity contribution in [3.05, 3.63) is 0 Å². The van der Waals surface area contributed by atoms with Gasteiger partial charge in [0.2, 0.25) is 0 Å². The summed E-state index contributed by atoms with van der Waals surface area (Å²) < 4.78 is 0. The molecule has 3 heteroatoms. The van der Waals surface area contributed by atoms with E-state index in [1.165, 1.54) is 0 Å². The van der Waals surface area contributed by atoms with E-state index < -0.39 is 5.60 Å². The molecule has 72 valence electrons. The lowest BCUT2D eigenvalue weighted by molar-refractivity contribution is -0.00972. The first-order chi connectivity index (χ1) is 5.69. The Labute approximate surface area is 74.3 Å². The second-order valence-electron chi connectivity index (χ2n) is 3.78. The van der Waals surface area contributed by atoms with Gasteiger partial charge in [0.15, 0.2) is 0 Å². The maximum atomic E-state index is 10.1. The first-order valence-corrected chi connectivity index (χ1v) is 4.88. The smallest absolute Gasteiger partial charge is 0.0921 e. The molecular formula is C9H20N2O. The second kappa shape index (κ2) is 4.21. The third-order valence-electron chi connectivity index (χ3n) is 2.68. The van der Waals surface area contributed by atoms with Gasteiger partial charge < -0.3 is 16.2 Å². The zero-order chi connectivity index (χ0) is 9.03. The van der Waals surface area contributed by atoms with Gasteiger partial charge in [-0.15, -0.1) is 0 Å². The Morgan fingerprint density at radius 3 is 2.92 bits per heavy atom. The summed E-state index contributed by atoms with van der Waals surface area (Å²) in [4.78, 5) is 0. The molecule has 0 aromatic carbocycles. The Kier molecular flexibility index (Phi) is 3.50. The van der Waals surface area contributed by atoms with Gasteiger partial charge in [-0.2, -0.15) is 0 Å². The van der Waals surface area contributed by atoms with Crippen LogP contribution < -0.4 is 11.1 Å². The third-order valence-corrected chi connectivity index (χ3v) is 2.68. The van der Waals surface area contributed by atoms with E-state index in [0.717, 1.165) is 32.2 Å². The summed E-state index contributed by atoms with van der Waals surface area (Å²) in [5.41, 5.74) is 5.26. The predicted octanol–water partition coefficient (Wildman–Crippen LogP) is 0.228. The van der Waals surface area contributed by atoms with Gasteiger partial charge in [-0.25, -0.2) is 0 Å². The van der Waals surface area contributed by atoms with Crippen LogP contribution >= 0.6 is 0 Å². The van der Waals surface area contributed by atoms with Crippen LogP contribution in [-0.4, -0.2) is 29.8 Å². The minimum absolute atomic E-state index is 0.0599. The largest absolute Gasteiger partial charge is 0.387 e. The Morgan fingerprint density at radius 2 is 2.42 bits per heavy atom. The summed E-state index contributed by atoms with van der Waals surface area (Å²) in [6, 6.07) is -0.0599. The fourth-order valence-electron chi connectivity index (χ4n) is 1.81. The van der Waals surface area contributed by atoms with Crippen molar-refractivity contribution in [2.24, 2.45) is 5.73 Å². The van der Waals surface area contributed by atoms with Crippen molar-refractivity contribution in [2.45, 2.75) is 44.2 Å². The number of rotatable bonds is 3. The zero-order valence-electron chi connectivity index (χ0n) is 7.84. The summed E-state index contributed by atoms with van der Waals surface area (Å²) in [6.07, 6.45) is 3.84. The van der Waals surface area contributed by atoms with Gasteiger partial charge in [0.25, 0.3) is 0 Å². The Morgan fingerprint density at radius 1 is 1.67 bits per heavy atom. The Hall–Kier alpha value is -0.120. The summed E-state index contributed by atoms with van der Waals surface area (Å²) in [5, 5.41) is 13.3. The molecule has 0 radical (unpaired) electrons. The lowest BCUT2D eigenvalue weighted by Gasteiger charge is -2.37. The molecule has 0 amide bonds. The molecule has 2 atom stereocenters. The Balaban J connectivity index is 2.44. The molecule has 3 nitrogen and oxygen atoms in total. The van der Waals surface area contributed by atoms with Crippen molar-refractivity contribution >= 4 is 0 Å². The van der Waals surface area contributed by atoms with Crippen molar-refractivity contribution in [1.29, 1.82) is 0 Å². The molecule has 1 fully saturated rings. The molecule has 1 heterocycles. The van der Waals surface area contributed by atoms with Crippen molar-refractivity contribution in [1.82, 2.24) is 5.32 Å². The molecule has 0 saturated carbocycles. The first-order valence-electron chi connectivity index (χ1n) is 4.88. The maximum absolute atomic E-state index is 10.1. The lowest BCUT2D eigenvalue weighted by atomic mass is 9.85. The van der Waals surface area contributed by atoms with E-state index >= 15 is 0 Å². The third kappa shape index (κ3) is 2.19. The monoisotopic (exact) mass is 172 g/mol. The fraction of sp³-hybridized carbons (Fsp3) is 1.00. The zero-order valence-corrected chi connectivity index (χ0v) is 7.84. The summed E-state index contributed by atoms with van der Waals surface area (Å²) >= 11 is 0. The Bertz CT molecular complexity index is 132. The van der Waals surface area contributed by atoms with Crippen molar-refractivity contribution in [2.75, 3.05) is 13.1 Å². The molecule has 0 spiro atoms. The van der Waals surface area contributed by atoms with Crippen LogP contribution in [0.3, 0.4) is 0 Å². The van der Waals surface area contributed by atoms with E-state index in [1.54, 1.807) is 0 Å². The number of β-amino-alcohol motifs (C(OH)–C–C–N with tert-alkyl or cyclic N) is 1. The average molecular weight is 172 g/mol. The van der Waals surface area contributed by atoms with Crippen LogP contribution in [-0.2, 0) is 0 Å². The highest BCUT2D eigenvalue weighted by atomic mass is 16.3. The van der Waals surface area contributed by atoms with Gasteiger partial charge in [-0.05, 0) is 25.8 Å². The molecule has 0 bridgehead atoms. The number of aliphatic hydroxyl groups is 1. The van der Waals surface area contributed by atoms with Gasteiger partial charge in [-0.3, -0.25) is 0 Å². The highest BCUT2D eigenvalue weighted by Crippen LogP contribution is 2.21. The van der Waals surface area contributed by atoms with Crippen LogP contribution in [0.1, 0.15) is 32.6 Å². The van der Waals surface area contributed by atoms with Gasteiger partial charge >= 0.3 is 0 Å².